The first-order valence-corrected chi connectivity index (χ1v) is 11.2. The van der Waals surface area contributed by atoms with Crippen molar-refractivity contribution in [1.29, 1.82) is 0 Å². The van der Waals surface area contributed by atoms with Gasteiger partial charge in [-0.05, 0) is 38.2 Å². The highest BCUT2D eigenvalue weighted by Gasteiger charge is 2.58. The van der Waals surface area contributed by atoms with Crippen LogP contribution in [0.25, 0.3) is 11.6 Å². The third-order valence-electron chi connectivity index (χ3n) is 6.34. The van der Waals surface area contributed by atoms with Gasteiger partial charge in [0.1, 0.15) is 5.69 Å². The highest BCUT2D eigenvalue weighted by atomic mass is 19.4. The summed E-state index contributed by atoms with van der Waals surface area (Å²) >= 11 is 0. The predicted molar refractivity (Wildman–Crippen MR) is 110 cm³/mol. The zero-order valence-electron chi connectivity index (χ0n) is 18.8. The van der Waals surface area contributed by atoms with Crippen molar-refractivity contribution < 1.29 is 45.4 Å². The first-order valence-electron chi connectivity index (χ1n) is 11.2. The second-order valence-corrected chi connectivity index (χ2v) is 8.74. The number of alkyl halides is 6. The molecule has 0 unspecified atom stereocenters. The number of carbonyl (C=O) groups is 1. The first kappa shape index (κ1) is 26.1. The number of nitrogens with two attached hydrogens (primary N) is 1. The number of nitrogen functional groups attached to an aromatic ring is 1. The summed E-state index contributed by atoms with van der Waals surface area (Å²) < 4.78 is 93.4. The Balaban J connectivity index is 1.88. The molecule has 2 aliphatic heterocycles. The molecule has 4 bridgehead atoms. The Morgan fingerprint density at radius 2 is 1.75 bits per heavy atom. The van der Waals surface area contributed by atoms with E-state index < -0.39 is 70.7 Å². The van der Waals surface area contributed by atoms with Crippen molar-refractivity contribution in [3.8, 4) is 11.6 Å². The van der Waals surface area contributed by atoms with Crippen LogP contribution in [-0.2, 0) is 16.5 Å². The van der Waals surface area contributed by atoms with Gasteiger partial charge < -0.3 is 24.9 Å². The summed E-state index contributed by atoms with van der Waals surface area (Å²) in [6, 6.07) is 0.00817. The standard InChI is InChI=1S/C21H23F6N5O4/c22-20(23,24)12-10-13(28)15-16-30-31-18(36-16)19(34,21(25,26)27)6-2-1-3-7-32(17(33)14(12)29-15)11-4-8-35-9-5-11/h10-11,34H,1-9,28H2/t19-/m1/s1. The number of aromatic nitrogens is 3. The minimum Gasteiger partial charge on any atom is -0.416 e. The Labute approximate surface area is 200 Å². The van der Waals surface area contributed by atoms with E-state index in [9.17, 15) is 36.2 Å². The second kappa shape index (κ2) is 9.50. The molecular formula is C21H23F6N5O4. The summed E-state index contributed by atoms with van der Waals surface area (Å²) in [7, 11) is 0. The topological polar surface area (TPSA) is 128 Å². The molecule has 15 heteroatoms. The van der Waals surface area contributed by atoms with Crippen molar-refractivity contribution >= 4 is 11.6 Å². The minimum absolute atomic E-state index is 0.0228. The molecule has 4 heterocycles. The van der Waals surface area contributed by atoms with Gasteiger partial charge in [0.15, 0.2) is 5.69 Å². The maximum Gasteiger partial charge on any atom is 0.426 e. The lowest BCUT2D eigenvalue weighted by Crippen LogP contribution is -2.45. The Hall–Kier alpha value is -2.94. The van der Waals surface area contributed by atoms with Gasteiger partial charge in [0.05, 0.1) is 11.3 Å². The van der Waals surface area contributed by atoms with Gasteiger partial charge in [-0.25, -0.2) is 4.98 Å². The van der Waals surface area contributed by atoms with Crippen LogP contribution in [0.2, 0.25) is 0 Å². The summed E-state index contributed by atoms with van der Waals surface area (Å²) in [5, 5.41) is 17.2. The van der Waals surface area contributed by atoms with Crippen LogP contribution in [0.5, 0.6) is 0 Å². The molecule has 2 aromatic heterocycles. The van der Waals surface area contributed by atoms with E-state index in [0.717, 1.165) is 0 Å². The molecule has 0 radical (unpaired) electrons. The molecule has 0 aromatic carbocycles. The van der Waals surface area contributed by atoms with Gasteiger partial charge in [0.2, 0.25) is 5.60 Å². The molecule has 1 saturated heterocycles. The van der Waals surface area contributed by atoms with Crippen molar-refractivity contribution in [3.05, 3.63) is 23.2 Å². The number of halogens is 6. The molecule has 2 aromatic rings. The number of nitrogens with zero attached hydrogens (tertiary/aromatic N) is 4. The lowest BCUT2D eigenvalue weighted by atomic mass is 9.95. The molecule has 9 nitrogen and oxygen atoms in total. The molecule has 0 spiro atoms. The van der Waals surface area contributed by atoms with E-state index in [1.807, 2.05) is 0 Å². The first-order chi connectivity index (χ1) is 16.8. The maximum absolute atomic E-state index is 13.9. The van der Waals surface area contributed by atoms with E-state index >= 15 is 0 Å². The fourth-order valence-corrected chi connectivity index (χ4v) is 4.36. The fraction of sp³-hybridized carbons (Fsp3) is 0.619. The van der Waals surface area contributed by atoms with Crippen LogP contribution in [0, 0.1) is 0 Å². The van der Waals surface area contributed by atoms with E-state index in [0.29, 0.717) is 32.1 Å². The van der Waals surface area contributed by atoms with Crippen LogP contribution < -0.4 is 5.73 Å². The number of amides is 1. The van der Waals surface area contributed by atoms with Crippen molar-refractivity contribution in [2.24, 2.45) is 0 Å². The number of pyridine rings is 1. The van der Waals surface area contributed by atoms with Crippen LogP contribution >= 0.6 is 0 Å². The predicted octanol–water partition coefficient (Wildman–Crippen LogP) is 3.68. The lowest BCUT2D eigenvalue weighted by Gasteiger charge is -2.35. The third kappa shape index (κ3) is 4.85. The normalized spacial score (nSPS) is 23.0. The SMILES string of the molecule is Nc1cc(C(F)(F)F)c2nc1-c1nnc(o1)[C@@](O)(C(F)(F)F)CCCCCN(C1CCOCC1)C2=O. The molecule has 0 saturated carbocycles. The van der Waals surface area contributed by atoms with Crippen LogP contribution in [0.1, 0.15) is 60.5 Å². The van der Waals surface area contributed by atoms with Gasteiger partial charge in [-0.2, -0.15) is 26.3 Å². The smallest absolute Gasteiger partial charge is 0.416 e. The summed E-state index contributed by atoms with van der Waals surface area (Å²) in [4.78, 5) is 18.5. The third-order valence-corrected chi connectivity index (χ3v) is 6.34. The van der Waals surface area contributed by atoms with E-state index in [-0.39, 0.29) is 25.8 Å². The van der Waals surface area contributed by atoms with Gasteiger partial charge in [-0.15, -0.1) is 10.2 Å². The summed E-state index contributed by atoms with van der Waals surface area (Å²) in [5.74, 6) is -2.96. The highest BCUT2D eigenvalue weighted by Crippen LogP contribution is 2.44. The minimum atomic E-state index is -5.18. The molecule has 4 rings (SSSR count). The Kier molecular flexibility index (Phi) is 6.90. The average molecular weight is 523 g/mol. The van der Waals surface area contributed by atoms with Crippen LogP contribution in [0.15, 0.2) is 10.5 Å². The van der Waals surface area contributed by atoms with Crippen molar-refractivity contribution in [3.63, 3.8) is 0 Å². The average Bonchev–Trinajstić information content (AvgIpc) is 3.30. The molecule has 3 N–H and O–H groups in total. The summed E-state index contributed by atoms with van der Waals surface area (Å²) in [6.07, 6.45) is -10.1. The van der Waals surface area contributed by atoms with Gasteiger partial charge in [0.25, 0.3) is 17.7 Å². The number of aliphatic hydroxyl groups is 1. The molecule has 1 amide bonds. The molecule has 36 heavy (non-hydrogen) atoms. The Bertz CT molecular complexity index is 1120. The molecule has 1 fully saturated rings. The number of anilines is 1. The maximum atomic E-state index is 13.9. The largest absolute Gasteiger partial charge is 0.426 e. The van der Waals surface area contributed by atoms with Crippen LogP contribution in [0.3, 0.4) is 0 Å². The number of hydrogen-bond acceptors (Lipinski definition) is 8. The number of ether oxygens (including phenoxy) is 1. The molecule has 2 aliphatic rings. The second-order valence-electron chi connectivity index (χ2n) is 8.74. The summed E-state index contributed by atoms with van der Waals surface area (Å²) in [6.45, 7) is 0.569. The van der Waals surface area contributed by atoms with E-state index in [2.05, 4.69) is 15.2 Å². The van der Waals surface area contributed by atoms with Crippen LogP contribution in [-0.4, -0.2) is 63.1 Å². The molecule has 198 valence electrons. The highest BCUT2D eigenvalue weighted by molar-refractivity contribution is 5.95. The van der Waals surface area contributed by atoms with Crippen molar-refractivity contribution in [2.75, 3.05) is 25.5 Å². The summed E-state index contributed by atoms with van der Waals surface area (Å²) in [5.41, 5.74) is -1.38. The monoisotopic (exact) mass is 523 g/mol. The van der Waals surface area contributed by atoms with Gasteiger partial charge >= 0.3 is 12.4 Å². The van der Waals surface area contributed by atoms with Crippen LogP contribution in [0.4, 0.5) is 32.0 Å². The van der Waals surface area contributed by atoms with Crippen molar-refractivity contribution in [1.82, 2.24) is 20.1 Å². The molecule has 0 aliphatic carbocycles. The van der Waals surface area contributed by atoms with E-state index in [4.69, 9.17) is 14.9 Å². The van der Waals surface area contributed by atoms with Gasteiger partial charge in [-0.3, -0.25) is 4.79 Å². The molecule has 1 atom stereocenters. The lowest BCUT2D eigenvalue weighted by molar-refractivity contribution is -0.277. The van der Waals surface area contributed by atoms with Gasteiger partial charge in [0, 0.05) is 25.8 Å². The Morgan fingerprint density at radius 3 is 2.39 bits per heavy atom. The number of hydrogen-bond donors (Lipinski definition) is 2. The molecular weight excluding hydrogens is 500 g/mol. The fourth-order valence-electron chi connectivity index (χ4n) is 4.36. The zero-order valence-corrected chi connectivity index (χ0v) is 18.8. The Morgan fingerprint density at radius 1 is 1.06 bits per heavy atom. The van der Waals surface area contributed by atoms with E-state index in [1.54, 1.807) is 0 Å². The van der Waals surface area contributed by atoms with E-state index in [1.165, 1.54) is 4.90 Å². The number of fused-ring (bicyclic) bond motifs is 5. The number of rotatable bonds is 1. The number of carbonyl (C=O) groups excluding carboxylic acids is 1. The zero-order chi connectivity index (χ0) is 26.3. The van der Waals surface area contributed by atoms with Crippen molar-refractivity contribution in [2.45, 2.75) is 62.5 Å². The van der Waals surface area contributed by atoms with Gasteiger partial charge in [-0.1, -0.05) is 6.42 Å². The quantitative estimate of drug-likeness (QED) is 0.542.